The number of hydrogen-bond acceptors (Lipinski definition) is 2. The van der Waals surface area contributed by atoms with Gasteiger partial charge in [0.15, 0.2) is 0 Å². The largest absolute Gasteiger partial charge is 0.365 e. The monoisotopic (exact) mass is 195 g/mol. The molecule has 2 heteroatoms. The van der Waals surface area contributed by atoms with Gasteiger partial charge in [0.1, 0.15) is 0 Å². The van der Waals surface area contributed by atoms with Crippen molar-refractivity contribution in [3.05, 3.63) is 28.8 Å². The van der Waals surface area contributed by atoms with Crippen LogP contribution in [0, 0.1) is 20.8 Å². The summed E-state index contributed by atoms with van der Waals surface area (Å²) in [5.41, 5.74) is 5.29. The minimum Gasteiger partial charge on any atom is -0.365 e. The fraction of sp³-hybridized carbons (Fsp3) is 0.455. The zero-order valence-electron chi connectivity index (χ0n) is 8.76. The number of aryl methyl sites for hydroxylation is 3. The molecule has 0 amide bonds. The van der Waals surface area contributed by atoms with Crippen molar-refractivity contribution in [2.45, 2.75) is 20.8 Å². The molecule has 0 bridgehead atoms. The standard InChI is InChI=1S/C11H17NS/c1-8-5-9(2)11(10(3)6-8)12(4)7-13/h5-6,13H,7H2,1-4H3. The maximum absolute atomic E-state index is 4.27. The van der Waals surface area contributed by atoms with Gasteiger partial charge < -0.3 is 4.90 Å². The highest BCUT2D eigenvalue weighted by Crippen LogP contribution is 2.25. The Morgan fingerprint density at radius 3 is 2.00 bits per heavy atom. The molecule has 0 N–H and O–H groups in total. The molecule has 0 aromatic heterocycles. The Labute approximate surface area is 86.2 Å². The molecule has 0 heterocycles. The average molecular weight is 195 g/mol. The SMILES string of the molecule is Cc1cc(C)c(N(C)CS)c(C)c1. The highest BCUT2D eigenvalue weighted by Gasteiger charge is 2.06. The third kappa shape index (κ3) is 2.19. The summed E-state index contributed by atoms with van der Waals surface area (Å²) in [7, 11) is 2.07. The smallest absolute Gasteiger partial charge is 0.0607 e. The maximum Gasteiger partial charge on any atom is 0.0607 e. The summed E-state index contributed by atoms with van der Waals surface area (Å²) >= 11 is 4.27. The lowest BCUT2D eigenvalue weighted by Gasteiger charge is -2.21. The zero-order chi connectivity index (χ0) is 10.0. The van der Waals surface area contributed by atoms with Crippen LogP contribution < -0.4 is 4.90 Å². The van der Waals surface area contributed by atoms with E-state index in [1.807, 2.05) is 0 Å². The molecule has 72 valence electrons. The van der Waals surface area contributed by atoms with E-state index in [1.54, 1.807) is 0 Å². The van der Waals surface area contributed by atoms with Crippen LogP contribution in [0.4, 0.5) is 5.69 Å². The quantitative estimate of drug-likeness (QED) is 0.561. The minimum atomic E-state index is 0.755. The topological polar surface area (TPSA) is 3.24 Å². The number of benzene rings is 1. The Kier molecular flexibility index (Phi) is 3.26. The van der Waals surface area contributed by atoms with Crippen LogP contribution in [0.15, 0.2) is 12.1 Å². The first-order chi connectivity index (χ1) is 6.06. The number of thiol groups is 1. The van der Waals surface area contributed by atoms with Gasteiger partial charge in [-0.3, -0.25) is 0 Å². The molecule has 0 radical (unpaired) electrons. The van der Waals surface area contributed by atoms with Crippen LogP contribution in [-0.2, 0) is 0 Å². The van der Waals surface area contributed by atoms with Crippen LogP contribution >= 0.6 is 12.6 Å². The van der Waals surface area contributed by atoms with Gasteiger partial charge in [-0.05, 0) is 31.9 Å². The molecule has 0 aliphatic heterocycles. The Balaban J connectivity index is 3.20. The van der Waals surface area contributed by atoms with Crippen LogP contribution in [0.3, 0.4) is 0 Å². The molecule has 0 saturated carbocycles. The molecule has 0 aliphatic rings. The lowest BCUT2D eigenvalue weighted by molar-refractivity contribution is 1.07. The van der Waals surface area contributed by atoms with Crippen molar-refractivity contribution >= 4 is 18.3 Å². The lowest BCUT2D eigenvalue weighted by Crippen LogP contribution is -2.16. The molecular weight excluding hydrogens is 178 g/mol. The highest BCUT2D eigenvalue weighted by molar-refractivity contribution is 7.80. The van der Waals surface area contributed by atoms with Crippen LogP contribution in [0.1, 0.15) is 16.7 Å². The van der Waals surface area contributed by atoms with E-state index >= 15 is 0 Å². The molecule has 0 spiro atoms. The van der Waals surface area contributed by atoms with Crippen LogP contribution in [0.25, 0.3) is 0 Å². The van der Waals surface area contributed by atoms with E-state index in [1.165, 1.54) is 22.4 Å². The van der Waals surface area contributed by atoms with Crippen LogP contribution in [0.5, 0.6) is 0 Å². The second kappa shape index (κ2) is 4.05. The third-order valence-electron chi connectivity index (χ3n) is 2.23. The van der Waals surface area contributed by atoms with E-state index in [0.29, 0.717) is 0 Å². The van der Waals surface area contributed by atoms with Crippen molar-refractivity contribution in [1.82, 2.24) is 0 Å². The van der Waals surface area contributed by atoms with Gasteiger partial charge in [0.25, 0.3) is 0 Å². The lowest BCUT2D eigenvalue weighted by atomic mass is 10.0. The van der Waals surface area contributed by atoms with Crippen molar-refractivity contribution in [2.75, 3.05) is 17.8 Å². The third-order valence-corrected chi connectivity index (χ3v) is 2.65. The molecule has 1 rings (SSSR count). The van der Waals surface area contributed by atoms with E-state index in [-0.39, 0.29) is 0 Å². The normalized spacial score (nSPS) is 10.2. The number of anilines is 1. The summed E-state index contributed by atoms with van der Waals surface area (Å²) < 4.78 is 0. The first-order valence-corrected chi connectivity index (χ1v) is 5.09. The van der Waals surface area contributed by atoms with E-state index in [0.717, 1.165) is 5.88 Å². The van der Waals surface area contributed by atoms with Crippen LogP contribution in [-0.4, -0.2) is 12.9 Å². The second-order valence-electron chi connectivity index (χ2n) is 3.59. The van der Waals surface area contributed by atoms with E-state index in [9.17, 15) is 0 Å². The molecule has 1 nitrogen and oxygen atoms in total. The number of nitrogens with zero attached hydrogens (tertiary/aromatic N) is 1. The van der Waals surface area contributed by atoms with E-state index in [2.05, 4.69) is 57.5 Å². The van der Waals surface area contributed by atoms with Gasteiger partial charge in [0.2, 0.25) is 0 Å². The van der Waals surface area contributed by atoms with Gasteiger partial charge in [-0.1, -0.05) is 17.7 Å². The van der Waals surface area contributed by atoms with Gasteiger partial charge in [-0.25, -0.2) is 0 Å². The van der Waals surface area contributed by atoms with Crippen LogP contribution in [0.2, 0.25) is 0 Å². The molecule has 0 atom stereocenters. The van der Waals surface area contributed by atoms with Crippen molar-refractivity contribution in [1.29, 1.82) is 0 Å². The number of hydrogen-bond donors (Lipinski definition) is 1. The Hall–Kier alpha value is -0.630. The Bertz CT molecular complexity index is 284. The average Bonchev–Trinajstić information content (AvgIpc) is 2.02. The van der Waals surface area contributed by atoms with Crippen molar-refractivity contribution < 1.29 is 0 Å². The summed E-state index contributed by atoms with van der Waals surface area (Å²) in [5, 5.41) is 0. The van der Waals surface area contributed by atoms with Crippen molar-refractivity contribution in [2.24, 2.45) is 0 Å². The van der Waals surface area contributed by atoms with Crippen molar-refractivity contribution in [3.63, 3.8) is 0 Å². The van der Waals surface area contributed by atoms with Gasteiger partial charge in [-0.15, -0.1) is 0 Å². The Morgan fingerprint density at radius 2 is 1.62 bits per heavy atom. The molecule has 0 unspecified atom stereocenters. The molecule has 0 fully saturated rings. The summed E-state index contributed by atoms with van der Waals surface area (Å²) in [6.45, 7) is 6.43. The van der Waals surface area contributed by atoms with Gasteiger partial charge in [0.05, 0.1) is 5.88 Å². The summed E-state index contributed by atoms with van der Waals surface area (Å²) in [6, 6.07) is 4.42. The first kappa shape index (κ1) is 10.5. The molecule has 1 aromatic carbocycles. The Morgan fingerprint density at radius 1 is 1.15 bits per heavy atom. The molecule has 0 aliphatic carbocycles. The molecule has 1 aromatic rings. The molecule has 0 saturated heterocycles. The summed E-state index contributed by atoms with van der Waals surface area (Å²) in [4.78, 5) is 2.16. The maximum atomic E-state index is 4.27. The summed E-state index contributed by atoms with van der Waals surface area (Å²) in [6.07, 6.45) is 0. The predicted octanol–water partition coefficient (Wildman–Crippen LogP) is 2.94. The fourth-order valence-electron chi connectivity index (χ4n) is 1.85. The first-order valence-electron chi connectivity index (χ1n) is 4.46. The highest BCUT2D eigenvalue weighted by atomic mass is 32.1. The fourth-order valence-corrected chi connectivity index (χ4v) is 1.99. The van der Waals surface area contributed by atoms with Gasteiger partial charge in [-0.2, -0.15) is 12.6 Å². The van der Waals surface area contributed by atoms with Gasteiger partial charge in [0, 0.05) is 12.7 Å². The van der Waals surface area contributed by atoms with Gasteiger partial charge >= 0.3 is 0 Å². The van der Waals surface area contributed by atoms with Crippen molar-refractivity contribution in [3.8, 4) is 0 Å². The summed E-state index contributed by atoms with van der Waals surface area (Å²) in [5.74, 6) is 0.755. The second-order valence-corrected chi connectivity index (χ2v) is 3.87. The van der Waals surface area contributed by atoms with E-state index < -0.39 is 0 Å². The van der Waals surface area contributed by atoms with E-state index in [4.69, 9.17) is 0 Å². The molecular formula is C11H17NS. The predicted molar refractivity (Wildman–Crippen MR) is 62.9 cm³/mol. The minimum absolute atomic E-state index is 0.755. The molecule has 13 heavy (non-hydrogen) atoms. The zero-order valence-corrected chi connectivity index (χ0v) is 9.65. The number of rotatable bonds is 2.